The number of carbonyl (C=O) groups excluding carboxylic acids is 1. The molecule has 0 radical (unpaired) electrons. The van der Waals surface area contributed by atoms with Crippen LogP contribution in [0.3, 0.4) is 0 Å². The Morgan fingerprint density at radius 2 is 1.74 bits per heavy atom. The lowest BCUT2D eigenvalue weighted by atomic mass is 10.1. The van der Waals surface area contributed by atoms with Gasteiger partial charge < -0.3 is 4.18 Å². The highest BCUT2D eigenvalue weighted by atomic mass is 32.2. The van der Waals surface area contributed by atoms with E-state index in [1.54, 1.807) is 43.3 Å². The standard InChI is InChI=1S/C14H12O4S/c1-11-7-8-14(9-12(11)10-15)19(16,17)18-13-5-3-2-4-6-13/h2-10H,1H3. The van der Waals surface area contributed by atoms with Crippen molar-refractivity contribution < 1.29 is 17.4 Å². The van der Waals surface area contributed by atoms with Gasteiger partial charge in [-0.15, -0.1) is 0 Å². The lowest BCUT2D eigenvalue weighted by Crippen LogP contribution is -2.10. The Balaban J connectivity index is 2.37. The van der Waals surface area contributed by atoms with Crippen molar-refractivity contribution in [2.75, 3.05) is 0 Å². The summed E-state index contributed by atoms with van der Waals surface area (Å²) in [4.78, 5) is 10.8. The van der Waals surface area contributed by atoms with Gasteiger partial charge in [-0.2, -0.15) is 8.42 Å². The Morgan fingerprint density at radius 3 is 2.37 bits per heavy atom. The highest BCUT2D eigenvalue weighted by molar-refractivity contribution is 7.87. The average molecular weight is 276 g/mol. The summed E-state index contributed by atoms with van der Waals surface area (Å²) in [6.07, 6.45) is 0.622. The first-order valence-electron chi connectivity index (χ1n) is 5.58. The molecule has 0 unspecified atom stereocenters. The van der Waals surface area contributed by atoms with Gasteiger partial charge in [-0.05, 0) is 36.8 Å². The second-order valence-corrected chi connectivity index (χ2v) is 5.53. The molecule has 0 saturated heterocycles. The minimum atomic E-state index is -3.92. The van der Waals surface area contributed by atoms with E-state index in [1.165, 1.54) is 12.1 Å². The lowest BCUT2D eigenvalue weighted by Gasteiger charge is -2.08. The molecule has 0 spiro atoms. The predicted octanol–water partition coefficient (Wildman–Crippen LogP) is 2.58. The van der Waals surface area contributed by atoms with Gasteiger partial charge in [0.25, 0.3) is 0 Å². The number of benzene rings is 2. The van der Waals surface area contributed by atoms with Crippen LogP contribution in [0.4, 0.5) is 0 Å². The van der Waals surface area contributed by atoms with Crippen LogP contribution in [0.15, 0.2) is 53.4 Å². The topological polar surface area (TPSA) is 60.4 Å². The fourth-order valence-corrected chi connectivity index (χ4v) is 2.52. The Morgan fingerprint density at radius 1 is 1.05 bits per heavy atom. The quantitative estimate of drug-likeness (QED) is 0.636. The van der Waals surface area contributed by atoms with E-state index in [1.807, 2.05) is 0 Å². The van der Waals surface area contributed by atoms with Gasteiger partial charge in [-0.25, -0.2) is 0 Å². The summed E-state index contributed by atoms with van der Waals surface area (Å²) in [5, 5.41) is 0. The van der Waals surface area contributed by atoms with Crippen molar-refractivity contribution >= 4 is 16.4 Å². The van der Waals surface area contributed by atoms with E-state index in [-0.39, 0.29) is 10.6 Å². The summed E-state index contributed by atoms with van der Waals surface area (Å²) < 4.78 is 29.1. The molecule has 98 valence electrons. The fourth-order valence-electron chi connectivity index (χ4n) is 1.55. The number of hydrogen-bond acceptors (Lipinski definition) is 4. The molecular weight excluding hydrogens is 264 g/mol. The molecule has 0 saturated carbocycles. The van der Waals surface area contributed by atoms with E-state index < -0.39 is 10.1 Å². The average Bonchev–Trinajstić information content (AvgIpc) is 2.39. The zero-order chi connectivity index (χ0) is 13.9. The van der Waals surface area contributed by atoms with Gasteiger partial charge >= 0.3 is 10.1 Å². The van der Waals surface area contributed by atoms with Gasteiger partial charge in [0.1, 0.15) is 16.9 Å². The number of para-hydroxylation sites is 1. The van der Waals surface area contributed by atoms with E-state index in [0.29, 0.717) is 17.4 Å². The van der Waals surface area contributed by atoms with Crippen molar-refractivity contribution in [3.05, 3.63) is 59.7 Å². The highest BCUT2D eigenvalue weighted by Crippen LogP contribution is 2.20. The minimum Gasteiger partial charge on any atom is -0.379 e. The zero-order valence-electron chi connectivity index (χ0n) is 10.2. The van der Waals surface area contributed by atoms with Crippen LogP contribution < -0.4 is 4.18 Å². The molecule has 0 fully saturated rings. The Kier molecular flexibility index (Phi) is 3.66. The number of carbonyl (C=O) groups is 1. The number of hydrogen-bond donors (Lipinski definition) is 0. The molecule has 19 heavy (non-hydrogen) atoms. The monoisotopic (exact) mass is 276 g/mol. The predicted molar refractivity (Wildman–Crippen MR) is 70.8 cm³/mol. The van der Waals surface area contributed by atoms with Crippen LogP contribution in [0, 0.1) is 6.92 Å². The van der Waals surface area contributed by atoms with Gasteiger partial charge in [0.2, 0.25) is 0 Å². The maximum absolute atomic E-state index is 12.0. The van der Waals surface area contributed by atoms with Crippen LogP contribution in [-0.2, 0) is 10.1 Å². The molecule has 0 aliphatic carbocycles. The lowest BCUT2D eigenvalue weighted by molar-refractivity contribution is 0.112. The van der Waals surface area contributed by atoms with Crippen LogP contribution in [0.5, 0.6) is 5.75 Å². The van der Waals surface area contributed by atoms with Crippen LogP contribution in [-0.4, -0.2) is 14.7 Å². The van der Waals surface area contributed by atoms with E-state index in [9.17, 15) is 13.2 Å². The number of aryl methyl sites for hydroxylation is 1. The first-order chi connectivity index (χ1) is 9.03. The third kappa shape index (κ3) is 3.00. The molecule has 0 amide bonds. The second-order valence-electron chi connectivity index (χ2n) is 3.99. The Bertz CT molecular complexity index is 691. The molecule has 0 atom stereocenters. The third-order valence-electron chi connectivity index (χ3n) is 2.62. The molecule has 2 aromatic carbocycles. The van der Waals surface area contributed by atoms with Crippen LogP contribution in [0.2, 0.25) is 0 Å². The first-order valence-corrected chi connectivity index (χ1v) is 6.99. The molecule has 2 aromatic rings. The van der Waals surface area contributed by atoms with Gasteiger partial charge in [0, 0.05) is 5.56 Å². The maximum Gasteiger partial charge on any atom is 0.339 e. The largest absolute Gasteiger partial charge is 0.379 e. The Hall–Kier alpha value is -2.14. The molecule has 2 rings (SSSR count). The number of aldehydes is 1. The molecular formula is C14H12O4S. The minimum absolute atomic E-state index is 0.0379. The summed E-state index contributed by atoms with van der Waals surface area (Å²) in [7, 11) is -3.92. The summed E-state index contributed by atoms with van der Waals surface area (Å²) >= 11 is 0. The normalized spacial score (nSPS) is 11.0. The van der Waals surface area contributed by atoms with Crippen LogP contribution in [0.1, 0.15) is 15.9 Å². The van der Waals surface area contributed by atoms with Crippen LogP contribution >= 0.6 is 0 Å². The van der Waals surface area contributed by atoms with E-state index in [4.69, 9.17) is 4.18 Å². The fraction of sp³-hybridized carbons (Fsp3) is 0.0714. The molecule has 0 heterocycles. The summed E-state index contributed by atoms with van der Waals surface area (Å²) in [5.74, 6) is 0.232. The summed E-state index contributed by atoms with van der Waals surface area (Å²) in [6, 6.07) is 12.5. The SMILES string of the molecule is Cc1ccc(S(=O)(=O)Oc2ccccc2)cc1C=O. The van der Waals surface area contributed by atoms with Crippen molar-refractivity contribution in [2.24, 2.45) is 0 Å². The van der Waals surface area contributed by atoms with Gasteiger partial charge in [0.15, 0.2) is 0 Å². The maximum atomic E-state index is 12.0. The zero-order valence-corrected chi connectivity index (χ0v) is 11.1. The van der Waals surface area contributed by atoms with Gasteiger partial charge in [0.05, 0.1) is 0 Å². The van der Waals surface area contributed by atoms with Gasteiger partial charge in [-0.3, -0.25) is 4.79 Å². The van der Waals surface area contributed by atoms with Crippen molar-refractivity contribution in [3.8, 4) is 5.75 Å². The van der Waals surface area contributed by atoms with Crippen molar-refractivity contribution in [1.29, 1.82) is 0 Å². The van der Waals surface area contributed by atoms with Crippen molar-refractivity contribution in [2.45, 2.75) is 11.8 Å². The molecule has 0 aliphatic heterocycles. The molecule has 4 nitrogen and oxygen atoms in total. The Labute approximate surface area is 111 Å². The molecule has 0 aromatic heterocycles. The summed E-state index contributed by atoms with van der Waals surface area (Å²) in [6.45, 7) is 1.73. The van der Waals surface area contributed by atoms with Crippen molar-refractivity contribution in [1.82, 2.24) is 0 Å². The first kappa shape index (κ1) is 13.3. The second kappa shape index (κ2) is 5.24. The van der Waals surface area contributed by atoms with Crippen molar-refractivity contribution in [3.63, 3.8) is 0 Å². The van der Waals surface area contributed by atoms with E-state index in [0.717, 1.165) is 0 Å². The smallest absolute Gasteiger partial charge is 0.339 e. The highest BCUT2D eigenvalue weighted by Gasteiger charge is 2.17. The number of rotatable bonds is 4. The summed E-state index contributed by atoms with van der Waals surface area (Å²) in [5.41, 5.74) is 1.05. The van der Waals surface area contributed by atoms with E-state index in [2.05, 4.69) is 0 Å². The molecule has 0 N–H and O–H groups in total. The van der Waals surface area contributed by atoms with E-state index >= 15 is 0 Å². The van der Waals surface area contributed by atoms with Crippen LogP contribution in [0.25, 0.3) is 0 Å². The molecule has 0 aliphatic rings. The molecule has 5 heteroatoms. The van der Waals surface area contributed by atoms with Gasteiger partial charge in [-0.1, -0.05) is 24.3 Å². The third-order valence-corrected chi connectivity index (χ3v) is 3.86. The molecule has 0 bridgehead atoms.